The van der Waals surface area contributed by atoms with Crippen LogP contribution in [-0.4, -0.2) is 47.5 Å². The third-order valence-corrected chi connectivity index (χ3v) is 9.46. The molecular formula is C40H49NO5. The number of amides is 1. The maximum atomic E-state index is 14.7. The van der Waals surface area contributed by atoms with Crippen LogP contribution in [0.25, 0.3) is 0 Å². The van der Waals surface area contributed by atoms with Gasteiger partial charge in [0.2, 0.25) is 5.91 Å². The number of carbonyl (C=O) groups is 5. The highest BCUT2D eigenvalue weighted by Gasteiger charge is 2.44. The Labute approximate surface area is 274 Å². The van der Waals surface area contributed by atoms with Gasteiger partial charge in [0.1, 0.15) is 23.8 Å². The van der Waals surface area contributed by atoms with Crippen molar-refractivity contribution in [2.75, 3.05) is 13.1 Å². The average molecular weight is 624 g/mol. The second-order valence-electron chi connectivity index (χ2n) is 12.4. The van der Waals surface area contributed by atoms with E-state index in [4.69, 9.17) is 0 Å². The Hall–Kier alpha value is -4.19. The van der Waals surface area contributed by atoms with Gasteiger partial charge in [-0.2, -0.15) is 0 Å². The smallest absolute Gasteiger partial charge is 0.234 e. The lowest BCUT2D eigenvalue weighted by Crippen LogP contribution is -2.48. The Balaban J connectivity index is 1.98. The van der Waals surface area contributed by atoms with Gasteiger partial charge >= 0.3 is 0 Å². The maximum absolute atomic E-state index is 14.7. The largest absolute Gasteiger partial charge is 0.342 e. The van der Waals surface area contributed by atoms with E-state index in [1.807, 2.05) is 67.6 Å². The van der Waals surface area contributed by atoms with Crippen molar-refractivity contribution in [1.82, 2.24) is 4.90 Å². The molecule has 3 unspecified atom stereocenters. The summed E-state index contributed by atoms with van der Waals surface area (Å²) in [6.07, 6.45) is 6.94. The molecule has 2 aromatic carbocycles. The molecule has 1 aliphatic rings. The van der Waals surface area contributed by atoms with E-state index in [-0.39, 0.29) is 35.0 Å². The number of nitrogens with zero attached hydrogens (tertiary/aromatic N) is 1. The third-order valence-electron chi connectivity index (χ3n) is 9.46. The standard InChI is InChI=1S/C40H49NO5/c1-6-33(27-42)28(3)29(4)38(44)37(40(46)41-24-15-10-16-25-41)34(7-2)39(45)35(26-32-20-13-9-14-21-32)30(5)36(43)23-17-22-31-18-11-8-12-19-31/h6,8-9,11-14,18-21,27,30,34-35,37H,1,4,7,10,15-17,22-26H2,2-3,5H3/b33-28+/t30?,34?,35-,37?/m1/s1. The molecule has 1 amide bonds. The molecule has 0 spiro atoms. The van der Waals surface area contributed by atoms with Crippen LogP contribution >= 0.6 is 0 Å². The number of Topliss-reactive ketones (excluding diaryl/α,β-unsaturated/α-hetero) is 3. The van der Waals surface area contributed by atoms with E-state index in [9.17, 15) is 24.0 Å². The number of rotatable bonds is 18. The zero-order valence-corrected chi connectivity index (χ0v) is 27.7. The number of aldehydes is 1. The average Bonchev–Trinajstić information content (AvgIpc) is 3.09. The van der Waals surface area contributed by atoms with Crippen molar-refractivity contribution in [3.63, 3.8) is 0 Å². The van der Waals surface area contributed by atoms with Crippen LogP contribution in [0.15, 0.2) is 96.6 Å². The van der Waals surface area contributed by atoms with Gasteiger partial charge in [-0.05, 0) is 68.6 Å². The fourth-order valence-corrected chi connectivity index (χ4v) is 6.45. The Kier molecular flexibility index (Phi) is 14.3. The normalized spacial score (nSPS) is 16.3. The molecule has 0 N–H and O–H groups in total. The van der Waals surface area contributed by atoms with E-state index in [2.05, 4.69) is 13.2 Å². The van der Waals surface area contributed by atoms with Crippen molar-refractivity contribution in [3.05, 3.63) is 108 Å². The topological polar surface area (TPSA) is 88.6 Å². The first-order valence-electron chi connectivity index (χ1n) is 16.6. The first kappa shape index (κ1) is 36.3. The molecule has 6 heteroatoms. The van der Waals surface area contributed by atoms with Gasteiger partial charge in [-0.3, -0.25) is 24.0 Å². The van der Waals surface area contributed by atoms with Crippen molar-refractivity contribution >= 4 is 29.5 Å². The van der Waals surface area contributed by atoms with Gasteiger partial charge in [0, 0.05) is 48.4 Å². The highest BCUT2D eigenvalue weighted by atomic mass is 16.2. The molecule has 4 atom stereocenters. The van der Waals surface area contributed by atoms with Crippen LogP contribution in [0, 0.1) is 23.7 Å². The monoisotopic (exact) mass is 623 g/mol. The summed E-state index contributed by atoms with van der Waals surface area (Å²) in [6.45, 7) is 13.9. The van der Waals surface area contributed by atoms with Gasteiger partial charge < -0.3 is 4.90 Å². The minimum Gasteiger partial charge on any atom is -0.342 e. The minimum atomic E-state index is -1.30. The van der Waals surface area contributed by atoms with Crippen LogP contribution < -0.4 is 0 Å². The molecule has 1 heterocycles. The Morgan fingerprint density at radius 3 is 2.02 bits per heavy atom. The number of hydrogen-bond donors (Lipinski definition) is 0. The number of ketones is 3. The van der Waals surface area contributed by atoms with E-state index in [0.717, 1.165) is 36.8 Å². The summed E-state index contributed by atoms with van der Waals surface area (Å²) >= 11 is 0. The zero-order valence-electron chi connectivity index (χ0n) is 27.7. The number of aryl methyl sites for hydroxylation is 1. The highest BCUT2D eigenvalue weighted by Crippen LogP contribution is 2.33. The molecule has 0 aromatic heterocycles. The summed E-state index contributed by atoms with van der Waals surface area (Å²) < 4.78 is 0. The Morgan fingerprint density at radius 1 is 0.891 bits per heavy atom. The number of piperidine rings is 1. The molecule has 6 nitrogen and oxygen atoms in total. The SMILES string of the molecule is C=C/C(C=O)=C(/C)C(=C)C(=O)C(C(=O)N1CCCCC1)C(CC)C(=O)[C@H](Cc1ccccc1)C(C)C(=O)CCCc1ccccc1. The van der Waals surface area contributed by atoms with Crippen molar-refractivity contribution in [2.24, 2.45) is 23.7 Å². The van der Waals surface area contributed by atoms with Crippen LogP contribution in [0.2, 0.25) is 0 Å². The minimum absolute atomic E-state index is 0.00454. The summed E-state index contributed by atoms with van der Waals surface area (Å²) in [5.41, 5.74) is 2.63. The third kappa shape index (κ3) is 9.41. The van der Waals surface area contributed by atoms with Crippen LogP contribution in [0.4, 0.5) is 0 Å². The fraction of sp³-hybridized carbons (Fsp3) is 0.425. The van der Waals surface area contributed by atoms with Crippen molar-refractivity contribution in [2.45, 2.75) is 72.1 Å². The molecule has 0 aliphatic carbocycles. The molecule has 1 saturated heterocycles. The van der Waals surface area contributed by atoms with Gasteiger partial charge in [0.25, 0.3) is 0 Å². The summed E-state index contributed by atoms with van der Waals surface area (Å²) in [7, 11) is 0. The molecule has 3 rings (SSSR count). The van der Waals surface area contributed by atoms with Crippen LogP contribution in [-0.2, 0) is 36.8 Å². The first-order valence-corrected chi connectivity index (χ1v) is 16.6. The second kappa shape index (κ2) is 18.1. The molecular weight excluding hydrogens is 574 g/mol. The number of carbonyl (C=O) groups excluding carboxylic acids is 5. The summed E-state index contributed by atoms with van der Waals surface area (Å²) in [5, 5.41) is 0. The molecule has 0 saturated carbocycles. The van der Waals surface area contributed by atoms with Gasteiger partial charge in [-0.15, -0.1) is 0 Å². The zero-order chi connectivity index (χ0) is 33.6. The van der Waals surface area contributed by atoms with E-state index < -0.39 is 29.5 Å². The number of likely N-dealkylation sites (tertiary alicyclic amines) is 1. The predicted octanol–water partition coefficient (Wildman–Crippen LogP) is 7.12. The molecule has 46 heavy (non-hydrogen) atoms. The lowest BCUT2D eigenvalue weighted by Gasteiger charge is -2.35. The second-order valence-corrected chi connectivity index (χ2v) is 12.4. The molecule has 1 aliphatic heterocycles. The summed E-state index contributed by atoms with van der Waals surface area (Å²) in [4.78, 5) is 70.1. The lowest BCUT2D eigenvalue weighted by atomic mass is 9.71. The number of benzene rings is 2. The first-order chi connectivity index (χ1) is 22.1. The van der Waals surface area contributed by atoms with E-state index >= 15 is 0 Å². The van der Waals surface area contributed by atoms with E-state index in [1.54, 1.807) is 18.7 Å². The van der Waals surface area contributed by atoms with Gasteiger partial charge in [-0.25, -0.2) is 0 Å². The van der Waals surface area contributed by atoms with E-state index in [1.165, 1.54) is 6.08 Å². The molecule has 0 bridgehead atoms. The molecule has 2 aromatic rings. The lowest BCUT2D eigenvalue weighted by molar-refractivity contribution is -0.148. The summed E-state index contributed by atoms with van der Waals surface area (Å²) in [5.74, 6) is -4.78. The number of hydrogen-bond acceptors (Lipinski definition) is 5. The number of allylic oxidation sites excluding steroid dienone is 4. The Morgan fingerprint density at radius 2 is 1.48 bits per heavy atom. The summed E-state index contributed by atoms with van der Waals surface area (Å²) in [6, 6.07) is 19.6. The molecule has 244 valence electrons. The molecule has 1 fully saturated rings. The fourth-order valence-electron chi connectivity index (χ4n) is 6.45. The quantitative estimate of drug-likeness (QED) is 0.0763. The van der Waals surface area contributed by atoms with Crippen molar-refractivity contribution in [1.29, 1.82) is 0 Å². The maximum Gasteiger partial charge on any atom is 0.234 e. The van der Waals surface area contributed by atoms with Crippen LogP contribution in [0.1, 0.15) is 70.4 Å². The van der Waals surface area contributed by atoms with Gasteiger partial charge in [0.15, 0.2) is 5.78 Å². The van der Waals surface area contributed by atoms with Crippen LogP contribution in [0.3, 0.4) is 0 Å². The highest BCUT2D eigenvalue weighted by molar-refractivity contribution is 6.14. The van der Waals surface area contributed by atoms with Crippen molar-refractivity contribution < 1.29 is 24.0 Å². The predicted molar refractivity (Wildman–Crippen MR) is 183 cm³/mol. The van der Waals surface area contributed by atoms with Gasteiger partial charge in [0.05, 0.1) is 0 Å². The Bertz CT molecular complexity index is 1410. The van der Waals surface area contributed by atoms with E-state index in [0.29, 0.717) is 44.2 Å². The van der Waals surface area contributed by atoms with Crippen LogP contribution in [0.5, 0.6) is 0 Å². The molecule has 0 radical (unpaired) electrons. The van der Waals surface area contributed by atoms with Gasteiger partial charge in [-0.1, -0.05) is 93.7 Å². The van der Waals surface area contributed by atoms with Crippen molar-refractivity contribution in [3.8, 4) is 0 Å².